The van der Waals surface area contributed by atoms with Crippen molar-refractivity contribution < 1.29 is 8.42 Å². The molecule has 0 saturated heterocycles. The second-order valence-electron chi connectivity index (χ2n) is 19.8. The number of hydrogen-bond donors (Lipinski definition) is 0. The van der Waals surface area contributed by atoms with Gasteiger partial charge in [-0.3, -0.25) is 0 Å². The third-order valence-corrected chi connectivity index (χ3v) is 16.9. The van der Waals surface area contributed by atoms with Crippen molar-refractivity contribution in [1.29, 1.82) is 0 Å². The van der Waals surface area contributed by atoms with Crippen molar-refractivity contribution in [2.75, 3.05) is 9.80 Å². The van der Waals surface area contributed by atoms with Crippen molar-refractivity contribution in [1.82, 2.24) is 9.13 Å². The van der Waals surface area contributed by atoms with Crippen LogP contribution in [0.5, 0.6) is 0 Å². The number of fused-ring (bicyclic) bond motifs is 6. The van der Waals surface area contributed by atoms with E-state index in [2.05, 4.69) is 249 Å². The van der Waals surface area contributed by atoms with E-state index in [1.807, 2.05) is 48.5 Å². The fourth-order valence-electron chi connectivity index (χ4n) is 11.4. The van der Waals surface area contributed by atoms with Crippen LogP contribution in [-0.2, 0) is 9.84 Å². The standard InChI is InChI=1S/C72H50N4O2S/c77-79(78,63-43-33-53(34-44-63)51-29-37-59(38-30-51)75-69-27-15-13-25-65(69)67-49-61(41-47-71(67)75)73(55-17-5-1-6-18-55)56-19-7-2-8-20-56)64-45-35-54(36-46-64)52-31-39-60(40-32-52)76-70-28-16-14-26-66(70)68-50-62(42-48-72(68)76)74(57-21-9-3-10-22-57)58-23-11-4-12-24-58/h1-50H. The van der Waals surface area contributed by atoms with E-state index in [4.69, 9.17) is 0 Å². The number of aromatic nitrogens is 2. The van der Waals surface area contributed by atoms with Gasteiger partial charge in [0.05, 0.1) is 31.9 Å². The highest BCUT2D eigenvalue weighted by Crippen LogP contribution is 2.42. The molecule has 0 N–H and O–H groups in total. The molecule has 79 heavy (non-hydrogen) atoms. The van der Waals surface area contributed by atoms with Gasteiger partial charge < -0.3 is 18.9 Å². The van der Waals surface area contributed by atoms with Gasteiger partial charge in [-0.25, -0.2) is 8.42 Å². The Morgan fingerprint density at radius 3 is 0.848 bits per heavy atom. The predicted octanol–water partition coefficient (Wildman–Crippen LogP) is 19.0. The van der Waals surface area contributed by atoms with Gasteiger partial charge >= 0.3 is 0 Å². The number of sulfone groups is 1. The Hall–Kier alpha value is -10.2. The third kappa shape index (κ3) is 8.50. The van der Waals surface area contributed by atoms with Crippen LogP contribution in [0.3, 0.4) is 0 Å². The van der Waals surface area contributed by atoms with E-state index in [0.717, 1.165) is 101 Å². The summed E-state index contributed by atoms with van der Waals surface area (Å²) in [7, 11) is -3.79. The molecule has 0 bridgehead atoms. The van der Waals surface area contributed by atoms with Crippen LogP contribution in [0.15, 0.2) is 313 Å². The number of anilines is 6. The Morgan fingerprint density at radius 1 is 0.241 bits per heavy atom. The van der Waals surface area contributed by atoms with E-state index in [0.29, 0.717) is 0 Å². The minimum absolute atomic E-state index is 0.249. The fraction of sp³-hybridized carbons (Fsp3) is 0. The highest BCUT2D eigenvalue weighted by atomic mass is 32.2. The maximum Gasteiger partial charge on any atom is 0.206 e. The highest BCUT2D eigenvalue weighted by molar-refractivity contribution is 7.91. The van der Waals surface area contributed by atoms with E-state index in [9.17, 15) is 8.42 Å². The molecule has 0 saturated carbocycles. The van der Waals surface area contributed by atoms with E-state index in [-0.39, 0.29) is 9.79 Å². The van der Waals surface area contributed by atoms with Gasteiger partial charge in [0, 0.05) is 67.0 Å². The second kappa shape index (κ2) is 19.7. The van der Waals surface area contributed by atoms with Crippen LogP contribution < -0.4 is 9.80 Å². The lowest BCUT2D eigenvalue weighted by atomic mass is 10.1. The summed E-state index contributed by atoms with van der Waals surface area (Å²) in [6.45, 7) is 0. The topological polar surface area (TPSA) is 50.5 Å². The normalized spacial score (nSPS) is 11.6. The molecule has 0 unspecified atom stereocenters. The first-order valence-corrected chi connectivity index (χ1v) is 28.0. The number of nitrogens with zero attached hydrogens (tertiary/aromatic N) is 4. The van der Waals surface area contributed by atoms with Crippen molar-refractivity contribution in [3.63, 3.8) is 0 Å². The number of hydrogen-bond acceptors (Lipinski definition) is 4. The molecule has 0 radical (unpaired) electrons. The fourth-order valence-corrected chi connectivity index (χ4v) is 12.6. The molecule has 12 aromatic carbocycles. The van der Waals surface area contributed by atoms with Crippen LogP contribution in [0.2, 0.25) is 0 Å². The van der Waals surface area contributed by atoms with Crippen molar-refractivity contribution in [3.8, 4) is 33.6 Å². The van der Waals surface area contributed by atoms with Crippen LogP contribution in [0.25, 0.3) is 77.2 Å². The Bertz CT molecular complexity index is 4250. The Labute approximate surface area is 459 Å². The molecule has 14 rings (SSSR count). The minimum atomic E-state index is -3.79. The average Bonchev–Trinajstić information content (AvgIpc) is 4.25. The van der Waals surface area contributed by atoms with Gasteiger partial charge in [0.1, 0.15) is 0 Å². The zero-order valence-corrected chi connectivity index (χ0v) is 43.7. The molecule has 0 aliphatic heterocycles. The van der Waals surface area contributed by atoms with Crippen molar-refractivity contribution >= 4 is 87.6 Å². The first-order valence-electron chi connectivity index (χ1n) is 26.5. The largest absolute Gasteiger partial charge is 0.310 e. The van der Waals surface area contributed by atoms with Crippen LogP contribution in [0, 0.1) is 0 Å². The lowest BCUT2D eigenvalue weighted by Crippen LogP contribution is -2.09. The number of benzene rings is 12. The van der Waals surface area contributed by atoms with Gasteiger partial charge in [-0.05, 0) is 168 Å². The first-order chi connectivity index (χ1) is 38.9. The molecule has 2 heterocycles. The molecule has 0 aliphatic rings. The lowest BCUT2D eigenvalue weighted by molar-refractivity contribution is 0.596. The smallest absolute Gasteiger partial charge is 0.206 e. The Kier molecular flexibility index (Phi) is 11.8. The van der Waals surface area contributed by atoms with Crippen LogP contribution in [-0.4, -0.2) is 17.6 Å². The molecule has 0 aliphatic carbocycles. The van der Waals surface area contributed by atoms with Gasteiger partial charge in [-0.1, -0.05) is 158 Å². The molecule has 6 nitrogen and oxygen atoms in total. The number of rotatable bonds is 12. The molecular weight excluding hydrogens is 985 g/mol. The summed E-state index contributed by atoms with van der Waals surface area (Å²) < 4.78 is 32.8. The molecule has 14 aromatic rings. The van der Waals surface area contributed by atoms with E-state index >= 15 is 0 Å². The van der Waals surface area contributed by atoms with Gasteiger partial charge in [-0.2, -0.15) is 0 Å². The van der Waals surface area contributed by atoms with Crippen molar-refractivity contribution in [2.45, 2.75) is 9.79 Å². The first kappa shape index (κ1) is 47.3. The van der Waals surface area contributed by atoms with E-state index in [1.165, 1.54) is 10.8 Å². The zero-order chi connectivity index (χ0) is 52.9. The van der Waals surface area contributed by atoms with Gasteiger partial charge in [0.25, 0.3) is 0 Å². The SMILES string of the molecule is O=S(=O)(c1ccc(-c2ccc(-n3c4ccccc4c4cc(N(c5ccccc5)c5ccccc5)ccc43)cc2)cc1)c1ccc(-c2ccc(-n3c4ccccc4c4cc(N(c5ccccc5)c5ccccc5)ccc43)cc2)cc1. The number of para-hydroxylation sites is 6. The summed E-state index contributed by atoms with van der Waals surface area (Å²) in [4.78, 5) is 5.09. The highest BCUT2D eigenvalue weighted by Gasteiger charge is 2.21. The molecule has 376 valence electrons. The molecule has 0 spiro atoms. The summed E-state index contributed by atoms with van der Waals surface area (Å²) in [6.07, 6.45) is 0. The molecule has 0 atom stereocenters. The van der Waals surface area contributed by atoms with Crippen LogP contribution in [0.1, 0.15) is 0 Å². The summed E-state index contributed by atoms with van der Waals surface area (Å²) >= 11 is 0. The molecule has 7 heteroatoms. The molecular formula is C72H50N4O2S. The monoisotopic (exact) mass is 1030 g/mol. The lowest BCUT2D eigenvalue weighted by Gasteiger charge is -2.25. The average molecular weight is 1040 g/mol. The van der Waals surface area contributed by atoms with E-state index < -0.39 is 9.84 Å². The zero-order valence-electron chi connectivity index (χ0n) is 42.9. The van der Waals surface area contributed by atoms with Crippen LogP contribution in [0.4, 0.5) is 34.1 Å². The van der Waals surface area contributed by atoms with Gasteiger partial charge in [-0.15, -0.1) is 0 Å². The quantitative estimate of drug-likeness (QED) is 0.122. The Balaban J connectivity index is 0.704. The van der Waals surface area contributed by atoms with Gasteiger partial charge in [0.2, 0.25) is 9.84 Å². The minimum Gasteiger partial charge on any atom is -0.310 e. The van der Waals surface area contributed by atoms with Crippen molar-refractivity contribution in [2.24, 2.45) is 0 Å². The summed E-state index contributed by atoms with van der Waals surface area (Å²) in [5, 5.41) is 4.67. The Morgan fingerprint density at radius 2 is 0.519 bits per heavy atom. The summed E-state index contributed by atoms with van der Waals surface area (Å²) in [5.41, 5.74) is 16.9. The second-order valence-corrected chi connectivity index (χ2v) is 21.7. The molecule has 2 aromatic heterocycles. The van der Waals surface area contributed by atoms with Gasteiger partial charge in [0.15, 0.2) is 0 Å². The maximum absolute atomic E-state index is 14.1. The van der Waals surface area contributed by atoms with E-state index in [1.54, 1.807) is 24.3 Å². The molecule has 0 amide bonds. The third-order valence-electron chi connectivity index (χ3n) is 15.1. The molecule has 0 fully saturated rings. The predicted molar refractivity (Wildman–Crippen MR) is 327 cm³/mol. The summed E-state index contributed by atoms with van der Waals surface area (Å²) in [5.74, 6) is 0. The van der Waals surface area contributed by atoms with Crippen LogP contribution >= 0.6 is 0 Å². The van der Waals surface area contributed by atoms with Crippen molar-refractivity contribution in [3.05, 3.63) is 303 Å². The summed E-state index contributed by atoms with van der Waals surface area (Å²) in [6, 6.07) is 104. The maximum atomic E-state index is 14.1.